The molecule has 2 aromatic carbocycles. The molecule has 0 unspecified atom stereocenters. The molecular weight excluding hydrogens is 292 g/mol. The van der Waals surface area contributed by atoms with Crippen molar-refractivity contribution in [3.8, 4) is 5.75 Å². The second-order valence-corrected chi connectivity index (χ2v) is 5.16. The van der Waals surface area contributed by atoms with Crippen molar-refractivity contribution in [1.29, 1.82) is 0 Å². The van der Waals surface area contributed by atoms with Gasteiger partial charge in [0, 0.05) is 12.3 Å². The van der Waals surface area contributed by atoms with Crippen molar-refractivity contribution in [2.45, 2.75) is 13.2 Å². The van der Waals surface area contributed by atoms with Gasteiger partial charge < -0.3 is 4.74 Å². The van der Waals surface area contributed by atoms with Gasteiger partial charge >= 0.3 is 5.69 Å². The summed E-state index contributed by atoms with van der Waals surface area (Å²) < 4.78 is 7.22. The van der Waals surface area contributed by atoms with Gasteiger partial charge in [0.15, 0.2) is 0 Å². The van der Waals surface area contributed by atoms with Crippen LogP contribution in [0, 0.1) is 0 Å². The highest BCUT2D eigenvalue weighted by atomic mass is 16.5. The number of aromatic nitrogens is 2. The molecule has 0 bridgehead atoms. The standard InChI is InChI=1S/C18H16N2O3/c21-17-9-10-20(18(22)19-17)12-15-7-4-8-16(11-15)23-13-14-5-2-1-3-6-14/h1-11H,12-13H2,(H,19,21,22). The summed E-state index contributed by atoms with van der Waals surface area (Å²) in [6.07, 6.45) is 1.48. The van der Waals surface area contributed by atoms with Crippen molar-refractivity contribution in [2.24, 2.45) is 0 Å². The van der Waals surface area contributed by atoms with Gasteiger partial charge in [0.25, 0.3) is 5.56 Å². The first-order chi connectivity index (χ1) is 11.2. The highest BCUT2D eigenvalue weighted by Crippen LogP contribution is 2.15. The SMILES string of the molecule is O=c1ccn(Cc2cccc(OCc3ccccc3)c2)c(=O)[nH]1. The fourth-order valence-corrected chi connectivity index (χ4v) is 2.24. The lowest BCUT2D eigenvalue weighted by atomic mass is 10.2. The molecule has 5 nitrogen and oxygen atoms in total. The van der Waals surface area contributed by atoms with Gasteiger partial charge in [-0.25, -0.2) is 4.79 Å². The molecule has 3 aromatic rings. The maximum absolute atomic E-state index is 11.7. The van der Waals surface area contributed by atoms with Gasteiger partial charge in [-0.1, -0.05) is 42.5 Å². The van der Waals surface area contributed by atoms with Crippen LogP contribution in [0.1, 0.15) is 11.1 Å². The van der Waals surface area contributed by atoms with Gasteiger partial charge in [0.05, 0.1) is 6.54 Å². The Balaban J connectivity index is 1.72. The molecule has 0 aliphatic carbocycles. The molecule has 5 heteroatoms. The molecule has 0 radical (unpaired) electrons. The minimum absolute atomic E-state index is 0.373. The number of benzene rings is 2. The Kier molecular flexibility index (Phi) is 4.38. The van der Waals surface area contributed by atoms with Crippen LogP contribution >= 0.6 is 0 Å². The van der Waals surface area contributed by atoms with Crippen LogP contribution in [0.4, 0.5) is 0 Å². The average Bonchev–Trinajstić information content (AvgIpc) is 2.57. The molecule has 0 fully saturated rings. The fraction of sp³-hybridized carbons (Fsp3) is 0.111. The predicted molar refractivity (Wildman–Crippen MR) is 87.6 cm³/mol. The van der Waals surface area contributed by atoms with Gasteiger partial charge in [0.1, 0.15) is 12.4 Å². The Hall–Kier alpha value is -3.08. The van der Waals surface area contributed by atoms with E-state index in [4.69, 9.17) is 4.74 Å². The number of hydrogen-bond acceptors (Lipinski definition) is 3. The monoisotopic (exact) mass is 308 g/mol. The maximum Gasteiger partial charge on any atom is 0.328 e. The second-order valence-electron chi connectivity index (χ2n) is 5.16. The lowest BCUT2D eigenvalue weighted by Crippen LogP contribution is -2.28. The number of hydrogen-bond donors (Lipinski definition) is 1. The van der Waals surface area contributed by atoms with E-state index >= 15 is 0 Å². The maximum atomic E-state index is 11.7. The van der Waals surface area contributed by atoms with Crippen molar-refractivity contribution < 1.29 is 4.74 Å². The summed E-state index contributed by atoms with van der Waals surface area (Å²) in [7, 11) is 0. The second kappa shape index (κ2) is 6.79. The van der Waals surface area contributed by atoms with Crippen molar-refractivity contribution in [3.63, 3.8) is 0 Å². The van der Waals surface area contributed by atoms with Crippen LogP contribution < -0.4 is 16.0 Å². The minimum Gasteiger partial charge on any atom is -0.489 e. The molecule has 0 aliphatic rings. The Morgan fingerprint density at radius 3 is 2.48 bits per heavy atom. The lowest BCUT2D eigenvalue weighted by Gasteiger charge is -2.09. The molecule has 1 N–H and O–H groups in total. The van der Waals surface area contributed by atoms with Crippen LogP contribution in [-0.4, -0.2) is 9.55 Å². The zero-order chi connectivity index (χ0) is 16.1. The number of rotatable bonds is 5. The third kappa shape index (κ3) is 3.97. The Morgan fingerprint density at radius 2 is 1.70 bits per heavy atom. The van der Waals surface area contributed by atoms with Gasteiger partial charge in [0.2, 0.25) is 0 Å². The summed E-state index contributed by atoms with van der Waals surface area (Å²) in [6, 6.07) is 18.8. The van der Waals surface area contributed by atoms with E-state index in [1.54, 1.807) is 0 Å². The molecule has 0 aliphatic heterocycles. The molecule has 0 saturated heterocycles. The average molecular weight is 308 g/mol. The molecule has 1 aromatic heterocycles. The third-order valence-electron chi connectivity index (χ3n) is 3.40. The van der Waals surface area contributed by atoms with Crippen LogP contribution in [0.15, 0.2) is 76.4 Å². The van der Waals surface area contributed by atoms with Crippen LogP contribution in [0.25, 0.3) is 0 Å². The van der Waals surface area contributed by atoms with Gasteiger partial charge in [-0.15, -0.1) is 0 Å². The zero-order valence-electron chi connectivity index (χ0n) is 12.4. The van der Waals surface area contributed by atoms with Crippen molar-refractivity contribution in [1.82, 2.24) is 9.55 Å². The van der Waals surface area contributed by atoms with Crippen LogP contribution in [0.5, 0.6) is 5.75 Å². The fourth-order valence-electron chi connectivity index (χ4n) is 2.24. The van der Waals surface area contributed by atoms with Gasteiger partial charge in [-0.2, -0.15) is 0 Å². The van der Waals surface area contributed by atoms with E-state index in [-0.39, 0.29) is 0 Å². The first-order valence-electron chi connectivity index (χ1n) is 7.26. The molecule has 0 atom stereocenters. The van der Waals surface area contributed by atoms with Gasteiger partial charge in [-0.3, -0.25) is 14.3 Å². The molecular formula is C18H16N2O3. The lowest BCUT2D eigenvalue weighted by molar-refractivity contribution is 0.306. The summed E-state index contributed by atoms with van der Waals surface area (Å²) >= 11 is 0. The Labute approximate surface area is 132 Å². The smallest absolute Gasteiger partial charge is 0.328 e. The number of nitrogens with one attached hydrogen (secondary N) is 1. The number of aromatic amines is 1. The topological polar surface area (TPSA) is 64.1 Å². The molecule has 0 saturated carbocycles. The highest BCUT2D eigenvalue weighted by Gasteiger charge is 2.01. The first-order valence-corrected chi connectivity index (χ1v) is 7.26. The Morgan fingerprint density at radius 1 is 0.913 bits per heavy atom. The first kappa shape index (κ1) is 14.8. The summed E-state index contributed by atoms with van der Waals surface area (Å²) in [5.41, 5.74) is 1.19. The van der Waals surface area contributed by atoms with Crippen LogP contribution in [0.3, 0.4) is 0 Å². The van der Waals surface area contributed by atoms with Gasteiger partial charge in [-0.05, 0) is 23.3 Å². The quantitative estimate of drug-likeness (QED) is 0.785. The largest absolute Gasteiger partial charge is 0.489 e. The number of ether oxygens (including phenoxy) is 1. The molecule has 116 valence electrons. The van der Waals surface area contributed by atoms with Crippen LogP contribution in [0.2, 0.25) is 0 Å². The van der Waals surface area contributed by atoms with E-state index in [1.807, 2.05) is 54.6 Å². The Bertz CT molecular complexity index is 898. The minimum atomic E-state index is -0.423. The van der Waals surface area contributed by atoms with E-state index in [1.165, 1.54) is 16.8 Å². The number of nitrogens with zero attached hydrogens (tertiary/aromatic N) is 1. The van der Waals surface area contributed by atoms with Crippen molar-refractivity contribution in [3.05, 3.63) is 98.8 Å². The predicted octanol–water partition coefficient (Wildman–Crippen LogP) is 2.16. The molecule has 0 amide bonds. The summed E-state index contributed by atoms with van der Waals surface area (Å²) in [5, 5.41) is 0. The summed E-state index contributed by atoms with van der Waals surface area (Å²) in [6.45, 7) is 0.862. The van der Waals surface area contributed by atoms with E-state index in [0.717, 1.165) is 16.9 Å². The zero-order valence-corrected chi connectivity index (χ0v) is 12.4. The molecule has 0 spiro atoms. The highest BCUT2D eigenvalue weighted by molar-refractivity contribution is 5.29. The summed E-state index contributed by atoms with van der Waals surface area (Å²) in [5.74, 6) is 0.740. The molecule has 1 heterocycles. The van der Waals surface area contributed by atoms with E-state index < -0.39 is 11.2 Å². The van der Waals surface area contributed by atoms with Crippen LogP contribution in [-0.2, 0) is 13.2 Å². The number of H-pyrrole nitrogens is 1. The van der Waals surface area contributed by atoms with Crippen molar-refractivity contribution >= 4 is 0 Å². The van der Waals surface area contributed by atoms with E-state index in [2.05, 4.69) is 4.98 Å². The normalized spacial score (nSPS) is 10.4. The van der Waals surface area contributed by atoms with Crippen molar-refractivity contribution in [2.75, 3.05) is 0 Å². The third-order valence-corrected chi connectivity index (χ3v) is 3.40. The van der Waals surface area contributed by atoms with E-state index in [0.29, 0.717) is 13.2 Å². The molecule has 3 rings (SSSR count). The summed E-state index contributed by atoms with van der Waals surface area (Å²) in [4.78, 5) is 25.0. The van der Waals surface area contributed by atoms with E-state index in [9.17, 15) is 9.59 Å². The molecule has 23 heavy (non-hydrogen) atoms.